The summed E-state index contributed by atoms with van der Waals surface area (Å²) >= 11 is 0. The number of hydrogen-bond acceptors (Lipinski definition) is 5. The molecule has 6 heteroatoms. The van der Waals surface area contributed by atoms with Gasteiger partial charge in [-0.05, 0) is 6.42 Å². The molecule has 0 fully saturated rings. The average Bonchev–Trinajstić information content (AvgIpc) is 2.05. The molecule has 0 radical (unpaired) electrons. The summed E-state index contributed by atoms with van der Waals surface area (Å²) in [6.45, 7) is 0.156. The smallest absolute Gasteiger partial charge is 0.396 e. The van der Waals surface area contributed by atoms with E-state index in [1.807, 2.05) is 0 Å². The van der Waals surface area contributed by atoms with Crippen LogP contribution in [0.15, 0.2) is 0 Å². The van der Waals surface area contributed by atoms with Crippen LogP contribution in [0.3, 0.4) is 0 Å². The van der Waals surface area contributed by atoms with E-state index in [0.29, 0.717) is 6.42 Å². The Morgan fingerprint density at radius 1 is 1.36 bits per heavy atom. The van der Waals surface area contributed by atoms with Gasteiger partial charge in [0.05, 0.1) is 6.61 Å². The van der Waals surface area contributed by atoms with Crippen LogP contribution in [0.25, 0.3) is 0 Å². The summed E-state index contributed by atoms with van der Waals surface area (Å²) in [6, 6.07) is 0. The zero-order valence-electron chi connectivity index (χ0n) is 6.65. The Morgan fingerprint density at radius 3 is 2.27 bits per heavy atom. The molecule has 0 aromatic rings. The minimum absolute atomic E-state index is 0.00652. The maximum absolute atomic E-state index is 11.1. The fraction of sp³-hybridized carbons (Fsp3) is 1.00. The molecule has 0 atom stereocenters. The number of phosphoric ester groups is 1. The van der Waals surface area contributed by atoms with E-state index >= 15 is 0 Å². The number of rotatable bonds is 6. The monoisotopic (exact) mass is 184 g/mol. The van der Waals surface area contributed by atoms with Crippen molar-refractivity contribution in [2.24, 2.45) is 0 Å². The quantitative estimate of drug-likeness (QED) is 0.488. The van der Waals surface area contributed by atoms with Crippen LogP contribution in [0, 0.1) is 0 Å². The largest absolute Gasteiger partial charge is 0.474 e. The standard InChI is InChI=1S/C5H13O5P/c1-8-11(7,9-2)10-5-3-4-6/h6H,3-5H2,1-2H3. The lowest BCUT2D eigenvalue weighted by atomic mass is 10.5. The molecule has 0 aliphatic heterocycles. The van der Waals surface area contributed by atoms with E-state index in [1.54, 1.807) is 0 Å². The van der Waals surface area contributed by atoms with Crippen molar-refractivity contribution < 1.29 is 23.2 Å². The number of hydrogen-bond donors (Lipinski definition) is 1. The third-order valence-corrected chi connectivity index (χ3v) is 2.39. The molecule has 0 spiro atoms. The van der Waals surface area contributed by atoms with Gasteiger partial charge in [0.25, 0.3) is 0 Å². The average molecular weight is 184 g/mol. The van der Waals surface area contributed by atoms with Gasteiger partial charge in [-0.3, -0.25) is 13.6 Å². The molecular formula is C5H13O5P. The number of aliphatic hydroxyl groups is 1. The van der Waals surface area contributed by atoms with Crippen molar-refractivity contribution in [3.63, 3.8) is 0 Å². The number of phosphoric acid groups is 1. The molecule has 0 aromatic carbocycles. The first-order valence-corrected chi connectivity index (χ1v) is 4.61. The first-order chi connectivity index (χ1) is 5.18. The fourth-order valence-corrected chi connectivity index (χ4v) is 1.13. The van der Waals surface area contributed by atoms with Gasteiger partial charge in [0.1, 0.15) is 0 Å². The third kappa shape index (κ3) is 4.50. The molecule has 0 rings (SSSR count). The van der Waals surface area contributed by atoms with E-state index in [0.717, 1.165) is 0 Å². The van der Waals surface area contributed by atoms with Crippen molar-refractivity contribution in [3.05, 3.63) is 0 Å². The van der Waals surface area contributed by atoms with E-state index in [2.05, 4.69) is 9.05 Å². The highest BCUT2D eigenvalue weighted by Crippen LogP contribution is 2.47. The van der Waals surface area contributed by atoms with E-state index in [-0.39, 0.29) is 13.2 Å². The molecule has 11 heavy (non-hydrogen) atoms. The van der Waals surface area contributed by atoms with Crippen molar-refractivity contribution >= 4 is 7.82 Å². The van der Waals surface area contributed by atoms with Crippen molar-refractivity contribution in [2.75, 3.05) is 27.4 Å². The summed E-state index contributed by atoms with van der Waals surface area (Å²) in [5.74, 6) is 0. The summed E-state index contributed by atoms with van der Waals surface area (Å²) in [6.07, 6.45) is 0.413. The van der Waals surface area contributed by atoms with Crippen molar-refractivity contribution in [3.8, 4) is 0 Å². The fourth-order valence-electron chi connectivity index (χ4n) is 0.421. The Bertz CT molecular complexity index is 129. The van der Waals surface area contributed by atoms with Gasteiger partial charge in [-0.2, -0.15) is 0 Å². The van der Waals surface area contributed by atoms with Gasteiger partial charge in [0, 0.05) is 20.8 Å². The molecule has 0 saturated carbocycles. The van der Waals surface area contributed by atoms with Crippen LogP contribution >= 0.6 is 7.82 Å². The highest BCUT2D eigenvalue weighted by molar-refractivity contribution is 7.48. The molecule has 0 aliphatic rings. The van der Waals surface area contributed by atoms with Crippen molar-refractivity contribution in [1.82, 2.24) is 0 Å². The van der Waals surface area contributed by atoms with E-state index in [1.165, 1.54) is 14.2 Å². The zero-order chi connectivity index (χ0) is 8.74. The van der Waals surface area contributed by atoms with Crippen LogP contribution in [-0.4, -0.2) is 32.5 Å². The Kier molecular flexibility index (Phi) is 5.72. The molecule has 0 aliphatic carbocycles. The Labute approximate surface area is 65.9 Å². The Balaban J connectivity index is 3.61. The minimum atomic E-state index is -3.32. The molecule has 1 N–H and O–H groups in total. The topological polar surface area (TPSA) is 65.0 Å². The Hall–Kier alpha value is 0.0700. The lowest BCUT2D eigenvalue weighted by Gasteiger charge is -2.12. The predicted octanol–water partition coefficient (Wildman–Crippen LogP) is 0.786. The van der Waals surface area contributed by atoms with E-state index < -0.39 is 7.82 Å². The molecule has 68 valence electrons. The van der Waals surface area contributed by atoms with E-state index in [4.69, 9.17) is 9.63 Å². The molecule has 0 saturated heterocycles. The van der Waals surface area contributed by atoms with Gasteiger partial charge in [0.15, 0.2) is 0 Å². The maximum atomic E-state index is 11.1. The van der Waals surface area contributed by atoms with Gasteiger partial charge in [-0.1, -0.05) is 0 Å². The molecule has 5 nitrogen and oxygen atoms in total. The highest BCUT2D eigenvalue weighted by Gasteiger charge is 2.21. The third-order valence-electron chi connectivity index (χ3n) is 0.999. The van der Waals surface area contributed by atoms with Crippen LogP contribution in [0.1, 0.15) is 6.42 Å². The van der Waals surface area contributed by atoms with Crippen LogP contribution in [0.2, 0.25) is 0 Å². The van der Waals surface area contributed by atoms with Crippen LogP contribution in [-0.2, 0) is 18.1 Å². The highest BCUT2D eigenvalue weighted by atomic mass is 31.2. The lowest BCUT2D eigenvalue weighted by Crippen LogP contribution is -1.98. The summed E-state index contributed by atoms with van der Waals surface area (Å²) in [7, 11) is -0.843. The zero-order valence-corrected chi connectivity index (χ0v) is 7.54. The number of aliphatic hydroxyl groups excluding tert-OH is 1. The molecule has 0 amide bonds. The molecule has 0 aromatic heterocycles. The SMILES string of the molecule is COP(=O)(OC)OCCCO. The van der Waals surface area contributed by atoms with Gasteiger partial charge in [-0.15, -0.1) is 0 Å². The first-order valence-electron chi connectivity index (χ1n) is 3.15. The van der Waals surface area contributed by atoms with Gasteiger partial charge >= 0.3 is 7.82 Å². The normalized spacial score (nSPS) is 11.9. The van der Waals surface area contributed by atoms with Crippen molar-refractivity contribution in [2.45, 2.75) is 6.42 Å². The van der Waals surface area contributed by atoms with Crippen LogP contribution < -0.4 is 0 Å². The molecular weight excluding hydrogens is 171 g/mol. The first kappa shape index (κ1) is 11.1. The molecule has 0 bridgehead atoms. The van der Waals surface area contributed by atoms with Crippen LogP contribution in [0.5, 0.6) is 0 Å². The molecule has 0 unspecified atom stereocenters. The predicted molar refractivity (Wildman–Crippen MR) is 39.3 cm³/mol. The van der Waals surface area contributed by atoms with Gasteiger partial charge < -0.3 is 5.11 Å². The summed E-state index contributed by atoms with van der Waals surface area (Å²) in [4.78, 5) is 0. The van der Waals surface area contributed by atoms with Crippen LogP contribution in [0.4, 0.5) is 0 Å². The molecule has 0 heterocycles. The Morgan fingerprint density at radius 2 is 1.91 bits per heavy atom. The van der Waals surface area contributed by atoms with E-state index in [9.17, 15) is 4.57 Å². The second kappa shape index (κ2) is 5.69. The lowest BCUT2D eigenvalue weighted by molar-refractivity contribution is 0.141. The minimum Gasteiger partial charge on any atom is -0.396 e. The van der Waals surface area contributed by atoms with Gasteiger partial charge in [-0.25, -0.2) is 4.57 Å². The summed E-state index contributed by atoms with van der Waals surface area (Å²) in [5.41, 5.74) is 0. The second-order valence-electron chi connectivity index (χ2n) is 1.72. The second-order valence-corrected chi connectivity index (χ2v) is 3.61. The summed E-state index contributed by atoms with van der Waals surface area (Å²) < 4.78 is 24.7. The van der Waals surface area contributed by atoms with Gasteiger partial charge in [0.2, 0.25) is 0 Å². The van der Waals surface area contributed by atoms with Crippen molar-refractivity contribution in [1.29, 1.82) is 0 Å². The summed E-state index contributed by atoms with van der Waals surface area (Å²) in [5, 5.41) is 8.36. The maximum Gasteiger partial charge on any atom is 0.474 e.